The zero-order chi connectivity index (χ0) is 10.4. The van der Waals surface area contributed by atoms with E-state index in [-0.39, 0.29) is 6.10 Å². The second-order valence-electron chi connectivity index (χ2n) is 4.93. The van der Waals surface area contributed by atoms with Crippen molar-refractivity contribution >= 4 is 0 Å². The summed E-state index contributed by atoms with van der Waals surface area (Å²) in [6.07, 6.45) is 10.1. The van der Waals surface area contributed by atoms with Gasteiger partial charge in [0.25, 0.3) is 0 Å². The first kappa shape index (κ1) is 12.0. The first-order valence-electron chi connectivity index (χ1n) is 6.46. The summed E-state index contributed by atoms with van der Waals surface area (Å²) in [5.74, 6) is 1.58. The first-order valence-corrected chi connectivity index (χ1v) is 6.46. The molecular weight excluding hydrogens is 172 g/mol. The highest BCUT2D eigenvalue weighted by atomic mass is 16.3. The summed E-state index contributed by atoms with van der Waals surface area (Å²) < 4.78 is 0. The molecule has 1 rings (SSSR count). The van der Waals surface area contributed by atoms with E-state index >= 15 is 0 Å². The number of hydrogen-bond acceptors (Lipinski definition) is 1. The van der Waals surface area contributed by atoms with Crippen LogP contribution in [0.1, 0.15) is 65.2 Å². The highest BCUT2D eigenvalue weighted by molar-refractivity contribution is 4.77. The largest absolute Gasteiger partial charge is 0.393 e. The Kier molecular flexibility index (Phi) is 5.54. The van der Waals surface area contributed by atoms with Crippen LogP contribution in [-0.2, 0) is 0 Å². The van der Waals surface area contributed by atoms with Crippen LogP contribution in [0, 0.1) is 11.8 Å². The van der Waals surface area contributed by atoms with Crippen LogP contribution < -0.4 is 0 Å². The summed E-state index contributed by atoms with van der Waals surface area (Å²) in [4.78, 5) is 0. The summed E-state index contributed by atoms with van der Waals surface area (Å²) >= 11 is 0. The van der Waals surface area contributed by atoms with Crippen molar-refractivity contribution < 1.29 is 5.11 Å². The molecule has 1 saturated carbocycles. The van der Waals surface area contributed by atoms with Crippen LogP contribution in [0.15, 0.2) is 0 Å². The summed E-state index contributed by atoms with van der Waals surface area (Å²) in [6.45, 7) is 4.43. The summed E-state index contributed by atoms with van der Waals surface area (Å²) in [5.41, 5.74) is 0. The average molecular weight is 198 g/mol. The van der Waals surface area contributed by atoms with Crippen LogP contribution in [0.2, 0.25) is 0 Å². The molecule has 0 aromatic carbocycles. The molecule has 1 aliphatic carbocycles. The van der Waals surface area contributed by atoms with E-state index in [9.17, 15) is 5.11 Å². The molecule has 14 heavy (non-hydrogen) atoms. The van der Waals surface area contributed by atoms with Gasteiger partial charge in [-0.3, -0.25) is 0 Å². The first-order chi connectivity index (χ1) is 6.77. The standard InChI is InChI=1S/C13H26O/c1-3-5-11-7-9-12(10-8-11)13(14)6-4-2/h11-14H,3-10H2,1-2H3. The minimum absolute atomic E-state index is 0.0115. The Morgan fingerprint density at radius 1 is 1.07 bits per heavy atom. The number of aliphatic hydroxyl groups excluding tert-OH is 1. The Hall–Kier alpha value is -0.0400. The summed E-state index contributed by atoms with van der Waals surface area (Å²) in [7, 11) is 0. The normalized spacial score (nSPS) is 30.2. The lowest BCUT2D eigenvalue weighted by Gasteiger charge is -2.31. The topological polar surface area (TPSA) is 20.2 Å². The van der Waals surface area contributed by atoms with Crippen LogP contribution in [0.3, 0.4) is 0 Å². The van der Waals surface area contributed by atoms with E-state index in [0.29, 0.717) is 5.92 Å². The molecule has 0 spiro atoms. The molecule has 1 fully saturated rings. The fourth-order valence-electron chi connectivity index (χ4n) is 2.80. The van der Waals surface area contributed by atoms with Crippen molar-refractivity contribution in [2.24, 2.45) is 11.8 Å². The Labute approximate surface area is 88.9 Å². The third-order valence-corrected chi connectivity index (χ3v) is 3.72. The van der Waals surface area contributed by atoms with Crippen LogP contribution >= 0.6 is 0 Å². The van der Waals surface area contributed by atoms with Crippen molar-refractivity contribution in [3.8, 4) is 0 Å². The zero-order valence-electron chi connectivity index (χ0n) is 9.84. The van der Waals surface area contributed by atoms with Gasteiger partial charge in [-0.25, -0.2) is 0 Å². The molecule has 1 heteroatoms. The molecule has 0 aromatic heterocycles. The van der Waals surface area contributed by atoms with E-state index in [1.54, 1.807) is 0 Å². The number of aliphatic hydroxyl groups is 1. The van der Waals surface area contributed by atoms with E-state index in [1.807, 2.05) is 0 Å². The van der Waals surface area contributed by atoms with E-state index < -0.39 is 0 Å². The van der Waals surface area contributed by atoms with E-state index in [0.717, 1.165) is 18.8 Å². The zero-order valence-corrected chi connectivity index (χ0v) is 9.84. The maximum atomic E-state index is 9.89. The van der Waals surface area contributed by atoms with Crippen molar-refractivity contribution in [1.82, 2.24) is 0 Å². The van der Waals surface area contributed by atoms with Gasteiger partial charge in [0.2, 0.25) is 0 Å². The Morgan fingerprint density at radius 2 is 1.71 bits per heavy atom. The van der Waals surface area contributed by atoms with Crippen molar-refractivity contribution in [2.75, 3.05) is 0 Å². The van der Waals surface area contributed by atoms with Crippen molar-refractivity contribution in [3.05, 3.63) is 0 Å². The maximum Gasteiger partial charge on any atom is 0.0568 e. The quantitative estimate of drug-likeness (QED) is 0.713. The van der Waals surface area contributed by atoms with Gasteiger partial charge in [0.15, 0.2) is 0 Å². The molecule has 0 amide bonds. The second kappa shape index (κ2) is 6.44. The van der Waals surface area contributed by atoms with E-state index in [4.69, 9.17) is 0 Å². The van der Waals surface area contributed by atoms with E-state index in [2.05, 4.69) is 13.8 Å². The highest BCUT2D eigenvalue weighted by Gasteiger charge is 2.25. The van der Waals surface area contributed by atoms with Gasteiger partial charge in [0.05, 0.1) is 6.10 Å². The van der Waals surface area contributed by atoms with Gasteiger partial charge >= 0.3 is 0 Å². The molecule has 0 aliphatic heterocycles. The fraction of sp³-hybridized carbons (Fsp3) is 1.00. The Morgan fingerprint density at radius 3 is 2.21 bits per heavy atom. The molecule has 0 saturated heterocycles. The fourth-order valence-corrected chi connectivity index (χ4v) is 2.80. The molecule has 1 unspecified atom stereocenters. The third kappa shape index (κ3) is 3.61. The molecule has 1 atom stereocenters. The molecule has 1 nitrogen and oxygen atoms in total. The Bertz CT molecular complexity index is 136. The van der Waals surface area contributed by atoms with Gasteiger partial charge in [-0.1, -0.05) is 46.0 Å². The predicted octanol–water partition coefficient (Wildman–Crippen LogP) is 3.75. The van der Waals surface area contributed by atoms with Gasteiger partial charge in [-0.05, 0) is 31.1 Å². The van der Waals surface area contributed by atoms with Crippen LogP contribution in [0.4, 0.5) is 0 Å². The Balaban J connectivity index is 2.21. The minimum Gasteiger partial charge on any atom is -0.393 e. The van der Waals surface area contributed by atoms with Crippen LogP contribution in [0.5, 0.6) is 0 Å². The smallest absolute Gasteiger partial charge is 0.0568 e. The summed E-state index contributed by atoms with van der Waals surface area (Å²) in [5, 5.41) is 9.89. The van der Waals surface area contributed by atoms with E-state index in [1.165, 1.54) is 38.5 Å². The number of rotatable bonds is 5. The average Bonchev–Trinajstić information content (AvgIpc) is 2.20. The van der Waals surface area contributed by atoms with Crippen molar-refractivity contribution in [1.29, 1.82) is 0 Å². The highest BCUT2D eigenvalue weighted by Crippen LogP contribution is 2.34. The lowest BCUT2D eigenvalue weighted by atomic mass is 9.77. The monoisotopic (exact) mass is 198 g/mol. The van der Waals surface area contributed by atoms with Crippen molar-refractivity contribution in [3.63, 3.8) is 0 Å². The van der Waals surface area contributed by atoms with Gasteiger partial charge in [0, 0.05) is 0 Å². The predicted molar refractivity (Wildman–Crippen MR) is 61.3 cm³/mol. The minimum atomic E-state index is -0.0115. The van der Waals surface area contributed by atoms with Gasteiger partial charge < -0.3 is 5.11 Å². The molecule has 1 aliphatic rings. The van der Waals surface area contributed by atoms with Gasteiger partial charge in [-0.2, -0.15) is 0 Å². The molecule has 0 heterocycles. The van der Waals surface area contributed by atoms with Gasteiger partial charge in [-0.15, -0.1) is 0 Å². The molecule has 0 radical (unpaired) electrons. The number of hydrogen-bond donors (Lipinski definition) is 1. The molecule has 0 aromatic rings. The maximum absolute atomic E-state index is 9.89. The molecule has 84 valence electrons. The molecular formula is C13H26O. The SMILES string of the molecule is CCCC1CCC(C(O)CCC)CC1. The third-order valence-electron chi connectivity index (χ3n) is 3.72. The second-order valence-corrected chi connectivity index (χ2v) is 4.93. The molecule has 0 bridgehead atoms. The van der Waals surface area contributed by atoms with Crippen LogP contribution in [-0.4, -0.2) is 11.2 Å². The molecule has 1 N–H and O–H groups in total. The van der Waals surface area contributed by atoms with Gasteiger partial charge in [0.1, 0.15) is 0 Å². The summed E-state index contributed by atoms with van der Waals surface area (Å²) in [6, 6.07) is 0. The lowest BCUT2D eigenvalue weighted by molar-refractivity contribution is 0.0652. The lowest BCUT2D eigenvalue weighted by Crippen LogP contribution is -2.25. The van der Waals surface area contributed by atoms with Crippen molar-refractivity contribution in [2.45, 2.75) is 71.3 Å². The van der Waals surface area contributed by atoms with Crippen LogP contribution in [0.25, 0.3) is 0 Å².